The van der Waals surface area contributed by atoms with Gasteiger partial charge in [-0.3, -0.25) is 29.2 Å². The Morgan fingerprint density at radius 1 is 1.10 bits per heavy atom. The number of urea groups is 1. The molecule has 2 N–H and O–H groups in total. The Labute approximate surface area is 403 Å². The van der Waals surface area contributed by atoms with Crippen LogP contribution in [0.15, 0.2) is 54.6 Å². The lowest BCUT2D eigenvalue weighted by molar-refractivity contribution is -0.155. The minimum atomic E-state index is -1.08. The number of ether oxygens (including phenoxy) is 2. The highest BCUT2D eigenvalue weighted by Crippen LogP contribution is 2.43. The Morgan fingerprint density at radius 3 is 2.57 bits per heavy atom. The molecular weight excluding hydrogens is 883 g/mol. The topological polar surface area (TPSA) is 172 Å². The number of likely N-dealkylation sites (N-methyl/N-ethyl adjacent to an activating group) is 1. The fraction of sp³-hybridized carbons (Fsp3) is 0.549. The number of rotatable bonds is 9. The van der Waals surface area contributed by atoms with Crippen molar-refractivity contribution in [3.63, 3.8) is 0 Å². The van der Waals surface area contributed by atoms with Gasteiger partial charge in [0.15, 0.2) is 0 Å². The number of nitrogens with zero attached hydrogens (tertiary/aromatic N) is 7. The van der Waals surface area contributed by atoms with E-state index >= 15 is 0 Å². The number of hydrogen-bond acceptors (Lipinski definition) is 11. The summed E-state index contributed by atoms with van der Waals surface area (Å²) in [6, 6.07) is 7.38. The van der Waals surface area contributed by atoms with Crippen LogP contribution in [0.2, 0.25) is 0 Å². The van der Waals surface area contributed by atoms with Crippen molar-refractivity contribution in [2.75, 3.05) is 53.5 Å². The number of hydrogen-bond donors (Lipinski definition) is 2. The summed E-state index contributed by atoms with van der Waals surface area (Å²) < 4.78 is 14.3. The Morgan fingerprint density at radius 2 is 1.85 bits per heavy atom. The third kappa shape index (κ3) is 9.66. The van der Waals surface area contributed by atoms with Gasteiger partial charge in [0.2, 0.25) is 11.8 Å². The SMILES string of the molecule is C=CC(=O)N1CC[C@@]2(CCN(C(=O)N(C)C(C(=O)N[C@H]3Cc4nc(cs4)-c4ccc5c(c4)c(c(-c4cccnc4[C@H](C)OC)n5CC)CC(C)(C)COC(=O)[C@@H]4CCCN(N4)C3=O)C(C)C)C2)C1. The van der Waals surface area contributed by atoms with Gasteiger partial charge in [0.05, 0.1) is 34.8 Å². The molecule has 8 rings (SSSR count). The molecule has 5 atom stereocenters. The zero-order valence-electron chi connectivity index (χ0n) is 40.8. The average Bonchev–Trinajstić information content (AvgIpc) is 4.15. The minimum Gasteiger partial charge on any atom is -0.464 e. The number of esters is 1. The number of amides is 5. The van der Waals surface area contributed by atoms with Crippen LogP contribution in [-0.2, 0) is 48.0 Å². The van der Waals surface area contributed by atoms with Crippen molar-refractivity contribution >= 4 is 52.0 Å². The van der Waals surface area contributed by atoms with Gasteiger partial charge in [-0.25, -0.2) is 15.2 Å². The number of cyclic esters (lactones) is 1. The number of aryl methyl sites for hydroxylation is 1. The van der Waals surface area contributed by atoms with Gasteiger partial charge in [-0.15, -0.1) is 11.3 Å². The number of carbonyl (C=O) groups is 5. The Bertz CT molecular complexity index is 2590. The molecule has 3 fully saturated rings. The number of fused-ring (bicyclic) bond motifs is 6. The van der Waals surface area contributed by atoms with E-state index in [4.69, 9.17) is 19.4 Å². The van der Waals surface area contributed by atoms with E-state index in [-0.39, 0.29) is 42.4 Å². The number of pyridine rings is 1. The third-order valence-electron chi connectivity index (χ3n) is 14.4. The molecule has 4 aromatic rings. The zero-order chi connectivity index (χ0) is 48.7. The maximum absolute atomic E-state index is 14.7. The smallest absolute Gasteiger partial charge is 0.324 e. The first-order valence-electron chi connectivity index (χ1n) is 24.0. The van der Waals surface area contributed by atoms with E-state index in [1.54, 1.807) is 30.2 Å². The zero-order valence-corrected chi connectivity index (χ0v) is 41.6. The number of hydrazine groups is 1. The molecule has 0 saturated carbocycles. The highest BCUT2D eigenvalue weighted by Gasteiger charge is 2.47. The predicted octanol–water partition coefficient (Wildman–Crippen LogP) is 6.39. The van der Waals surface area contributed by atoms with Crippen molar-refractivity contribution in [3.8, 4) is 22.5 Å². The van der Waals surface area contributed by atoms with Gasteiger partial charge < -0.3 is 34.1 Å². The number of thiazole rings is 1. The summed E-state index contributed by atoms with van der Waals surface area (Å²) in [6.07, 6.45) is 6.09. The number of benzene rings is 1. The molecule has 1 aromatic carbocycles. The summed E-state index contributed by atoms with van der Waals surface area (Å²) in [4.78, 5) is 84.8. The van der Waals surface area contributed by atoms with Crippen molar-refractivity contribution in [2.45, 2.75) is 111 Å². The summed E-state index contributed by atoms with van der Waals surface area (Å²) in [6.45, 7) is 19.1. The molecule has 3 aromatic heterocycles. The molecule has 4 aliphatic rings. The van der Waals surface area contributed by atoms with Gasteiger partial charge in [0, 0.05) is 104 Å². The molecule has 1 unspecified atom stereocenters. The largest absolute Gasteiger partial charge is 0.464 e. The minimum absolute atomic E-state index is 0.0824. The van der Waals surface area contributed by atoms with Crippen molar-refractivity contribution in [3.05, 3.63) is 70.8 Å². The van der Waals surface area contributed by atoms with Crippen LogP contribution in [0.5, 0.6) is 0 Å². The summed E-state index contributed by atoms with van der Waals surface area (Å²) in [7, 11) is 3.32. The second kappa shape index (κ2) is 19.8. The van der Waals surface area contributed by atoms with Crippen LogP contribution in [-0.4, -0.2) is 136 Å². The number of likely N-dealkylation sites (tertiary alicyclic amines) is 2. The second-order valence-corrected chi connectivity index (χ2v) is 21.2. The Kier molecular flexibility index (Phi) is 14.2. The van der Waals surface area contributed by atoms with Crippen molar-refractivity contribution in [2.24, 2.45) is 16.7 Å². The maximum Gasteiger partial charge on any atom is 0.324 e. The van der Waals surface area contributed by atoms with E-state index < -0.39 is 41.3 Å². The van der Waals surface area contributed by atoms with Gasteiger partial charge in [0.25, 0.3) is 5.91 Å². The summed E-state index contributed by atoms with van der Waals surface area (Å²) in [5.41, 5.74) is 9.10. The van der Waals surface area contributed by atoms with Crippen LogP contribution in [0.4, 0.5) is 4.79 Å². The van der Waals surface area contributed by atoms with Crippen LogP contribution in [0, 0.1) is 16.7 Å². The van der Waals surface area contributed by atoms with Crippen LogP contribution in [0.25, 0.3) is 33.4 Å². The molecule has 6 bridgehead atoms. The standard InChI is InChI=1S/C51H67N9O7S/c1-10-42(61)57-22-18-51(28-57)19-23-58(29-51)49(65)56(8)44(31(3)4)46(62)54-38-25-41-53-39(27-68-41)33-16-17-40-35(24-33)36(45(59(40)11-2)34-14-12-20-52-43(34)32(5)66-9)26-50(6,7)30-67-48(64)37-15-13-21-60(55-37)47(38)63/h10,12,14,16-17,20,24,27,31-32,37-38,44,55H,1,11,13,15,18-19,21-23,25-26,28-30H2,2-9H3,(H,54,62)/t32-,37-,38-,44?,51+/m0/s1. The van der Waals surface area contributed by atoms with Gasteiger partial charge in [-0.2, -0.15) is 0 Å². The summed E-state index contributed by atoms with van der Waals surface area (Å²) >= 11 is 1.42. The second-order valence-electron chi connectivity index (χ2n) is 20.2. The first kappa shape index (κ1) is 48.8. The lowest BCUT2D eigenvalue weighted by Gasteiger charge is -2.37. The lowest BCUT2D eigenvalue weighted by Crippen LogP contribution is -2.62. The Hall–Kier alpha value is -5.65. The van der Waals surface area contributed by atoms with E-state index in [0.717, 1.165) is 57.5 Å². The molecule has 68 heavy (non-hydrogen) atoms. The first-order chi connectivity index (χ1) is 32.5. The van der Waals surface area contributed by atoms with Crippen LogP contribution in [0.1, 0.15) is 89.6 Å². The van der Waals surface area contributed by atoms with Crippen molar-refractivity contribution < 1.29 is 33.4 Å². The third-order valence-corrected chi connectivity index (χ3v) is 15.3. The molecule has 364 valence electrons. The number of methoxy groups -OCH3 is 1. The van der Waals surface area contributed by atoms with Crippen molar-refractivity contribution in [1.29, 1.82) is 0 Å². The molecule has 5 amide bonds. The molecular formula is C51H67N9O7S. The first-order valence-corrected chi connectivity index (χ1v) is 24.9. The van der Waals surface area contributed by atoms with E-state index in [9.17, 15) is 24.0 Å². The van der Waals surface area contributed by atoms with Crippen molar-refractivity contribution in [1.82, 2.24) is 45.0 Å². The van der Waals surface area contributed by atoms with E-state index in [2.05, 4.69) is 66.9 Å². The number of carbonyl (C=O) groups excluding carboxylic acids is 5. The van der Waals surface area contributed by atoms with Crippen LogP contribution in [0.3, 0.4) is 0 Å². The van der Waals surface area contributed by atoms with Gasteiger partial charge >= 0.3 is 12.0 Å². The molecule has 16 nitrogen and oxygen atoms in total. The molecule has 1 spiro atoms. The Balaban J connectivity index is 1.12. The van der Waals surface area contributed by atoms with Gasteiger partial charge in [0.1, 0.15) is 18.1 Å². The van der Waals surface area contributed by atoms with Gasteiger partial charge in [-0.1, -0.05) is 40.3 Å². The molecule has 3 saturated heterocycles. The average molecular weight is 950 g/mol. The van der Waals surface area contributed by atoms with E-state index in [1.807, 2.05) is 32.2 Å². The lowest BCUT2D eigenvalue weighted by atomic mass is 9.84. The molecule has 17 heteroatoms. The molecule has 0 aliphatic carbocycles. The molecule has 4 aliphatic heterocycles. The highest BCUT2D eigenvalue weighted by molar-refractivity contribution is 7.10. The number of nitrogens with one attached hydrogen (secondary N) is 2. The van der Waals surface area contributed by atoms with E-state index in [0.29, 0.717) is 63.5 Å². The molecule has 7 heterocycles. The van der Waals surface area contributed by atoms with Crippen LogP contribution < -0.4 is 10.7 Å². The monoisotopic (exact) mass is 949 g/mol. The fourth-order valence-electron chi connectivity index (χ4n) is 10.8. The maximum atomic E-state index is 14.7. The highest BCUT2D eigenvalue weighted by atomic mass is 32.1. The fourth-order valence-corrected chi connectivity index (χ4v) is 11.6. The molecule has 0 radical (unpaired) electrons. The summed E-state index contributed by atoms with van der Waals surface area (Å²) in [5.74, 6) is -1.75. The number of aromatic nitrogens is 3. The van der Waals surface area contributed by atoms with E-state index in [1.165, 1.54) is 27.3 Å². The summed E-state index contributed by atoms with van der Waals surface area (Å²) in [5, 5.41) is 8.17. The predicted molar refractivity (Wildman–Crippen MR) is 261 cm³/mol. The van der Waals surface area contributed by atoms with Gasteiger partial charge in [-0.05, 0) is 87.8 Å². The van der Waals surface area contributed by atoms with Crippen LogP contribution >= 0.6 is 11.3 Å². The normalized spacial score (nSPS) is 22.9. The quantitative estimate of drug-likeness (QED) is 0.142.